The highest BCUT2D eigenvalue weighted by Gasteiger charge is 2.62. The SMILES string of the molecule is ON=C1C2C3C=CC(C3)C2C(=NO)C2C3C=CC(C3)C12. The van der Waals surface area contributed by atoms with Crippen LogP contribution in [0.15, 0.2) is 34.6 Å². The molecule has 5 aliphatic carbocycles. The molecule has 0 aromatic rings. The molecule has 4 bridgehead atoms. The minimum atomic E-state index is 0.259. The van der Waals surface area contributed by atoms with Crippen molar-refractivity contribution in [1.82, 2.24) is 0 Å². The van der Waals surface area contributed by atoms with Crippen LogP contribution >= 0.6 is 0 Å². The predicted octanol–water partition coefficient (Wildman–Crippen LogP) is 2.54. The van der Waals surface area contributed by atoms with Crippen LogP contribution in [0.2, 0.25) is 0 Å². The summed E-state index contributed by atoms with van der Waals surface area (Å²) in [7, 11) is 0. The van der Waals surface area contributed by atoms with Crippen LogP contribution in [-0.4, -0.2) is 21.8 Å². The Hall–Kier alpha value is -1.58. The van der Waals surface area contributed by atoms with Gasteiger partial charge in [-0.25, -0.2) is 0 Å². The summed E-state index contributed by atoms with van der Waals surface area (Å²) >= 11 is 0. The highest BCUT2D eigenvalue weighted by molar-refractivity contribution is 6.06. The van der Waals surface area contributed by atoms with Crippen LogP contribution in [0.5, 0.6) is 0 Å². The number of oxime groups is 2. The van der Waals surface area contributed by atoms with Crippen molar-refractivity contribution in [3.8, 4) is 0 Å². The van der Waals surface area contributed by atoms with Crippen LogP contribution in [0.25, 0.3) is 0 Å². The van der Waals surface area contributed by atoms with Crippen molar-refractivity contribution < 1.29 is 10.4 Å². The van der Waals surface area contributed by atoms with Crippen molar-refractivity contribution in [2.24, 2.45) is 57.7 Å². The number of fused-ring (bicyclic) bond motifs is 10. The normalized spacial score (nSPS) is 53.4. The molecular formula is C16H18N2O2. The smallest absolute Gasteiger partial charge is 0.0657 e. The molecule has 4 heteroatoms. The summed E-state index contributed by atoms with van der Waals surface area (Å²) in [5, 5.41) is 26.8. The van der Waals surface area contributed by atoms with E-state index in [2.05, 4.69) is 34.6 Å². The molecule has 0 radical (unpaired) electrons. The van der Waals surface area contributed by atoms with Crippen molar-refractivity contribution in [3.63, 3.8) is 0 Å². The van der Waals surface area contributed by atoms with E-state index < -0.39 is 0 Å². The van der Waals surface area contributed by atoms with E-state index in [1.165, 1.54) is 0 Å². The summed E-state index contributed by atoms with van der Waals surface area (Å²) in [6.07, 6.45) is 11.3. The van der Waals surface area contributed by atoms with Gasteiger partial charge in [0.15, 0.2) is 0 Å². The first kappa shape index (κ1) is 11.1. The molecule has 104 valence electrons. The Morgan fingerprint density at radius 1 is 0.650 bits per heavy atom. The Kier molecular flexibility index (Phi) is 1.97. The largest absolute Gasteiger partial charge is 0.411 e. The quantitative estimate of drug-likeness (QED) is 0.403. The summed E-state index contributed by atoms with van der Waals surface area (Å²) in [5.74, 6) is 2.91. The summed E-state index contributed by atoms with van der Waals surface area (Å²) in [6.45, 7) is 0. The van der Waals surface area contributed by atoms with Gasteiger partial charge in [0.25, 0.3) is 0 Å². The Labute approximate surface area is 117 Å². The van der Waals surface area contributed by atoms with Gasteiger partial charge >= 0.3 is 0 Å². The average Bonchev–Trinajstić information content (AvgIpc) is 3.23. The molecule has 5 rings (SSSR count). The number of rotatable bonds is 0. The van der Waals surface area contributed by atoms with E-state index in [1.54, 1.807) is 0 Å². The van der Waals surface area contributed by atoms with Gasteiger partial charge in [0.2, 0.25) is 0 Å². The number of allylic oxidation sites excluding steroid dienone is 4. The minimum absolute atomic E-state index is 0.259. The second-order valence-electron chi connectivity index (χ2n) is 7.05. The van der Waals surface area contributed by atoms with E-state index in [4.69, 9.17) is 0 Å². The first-order valence-electron chi connectivity index (χ1n) is 7.63. The number of hydrogen-bond acceptors (Lipinski definition) is 4. The summed E-state index contributed by atoms with van der Waals surface area (Å²) in [5.41, 5.74) is 1.97. The maximum Gasteiger partial charge on any atom is 0.0657 e. The molecule has 0 aliphatic heterocycles. The molecule has 4 nitrogen and oxygen atoms in total. The fourth-order valence-electron chi connectivity index (χ4n) is 5.97. The van der Waals surface area contributed by atoms with Gasteiger partial charge in [-0.3, -0.25) is 0 Å². The molecule has 3 saturated carbocycles. The molecule has 0 amide bonds. The van der Waals surface area contributed by atoms with E-state index in [-0.39, 0.29) is 23.7 Å². The zero-order valence-corrected chi connectivity index (χ0v) is 11.1. The third-order valence-corrected chi connectivity index (χ3v) is 6.52. The Morgan fingerprint density at radius 2 is 0.950 bits per heavy atom. The fourth-order valence-corrected chi connectivity index (χ4v) is 5.97. The van der Waals surface area contributed by atoms with Crippen LogP contribution in [0.3, 0.4) is 0 Å². The molecule has 8 atom stereocenters. The summed E-state index contributed by atoms with van der Waals surface area (Å²) < 4.78 is 0. The molecule has 8 unspecified atom stereocenters. The van der Waals surface area contributed by atoms with Gasteiger partial charge in [-0.1, -0.05) is 34.6 Å². The topological polar surface area (TPSA) is 65.2 Å². The standard InChI is InChI=1S/C16H18N2O2/c19-17-15-11-7-1-2-8(5-7)12(11)16(18-20)14-10-4-3-9(6-10)13(14)15/h1-4,7-14,19-20H,5-6H2. The second-order valence-corrected chi connectivity index (χ2v) is 7.05. The van der Waals surface area contributed by atoms with E-state index >= 15 is 0 Å². The highest BCUT2D eigenvalue weighted by atomic mass is 16.4. The molecule has 0 heterocycles. The van der Waals surface area contributed by atoms with Gasteiger partial charge in [-0.15, -0.1) is 0 Å². The number of hydrogen-bond donors (Lipinski definition) is 2. The van der Waals surface area contributed by atoms with E-state index in [0.29, 0.717) is 23.7 Å². The lowest BCUT2D eigenvalue weighted by Gasteiger charge is -2.43. The zero-order chi connectivity index (χ0) is 13.4. The number of nitrogens with zero attached hydrogens (tertiary/aromatic N) is 2. The minimum Gasteiger partial charge on any atom is -0.411 e. The van der Waals surface area contributed by atoms with Crippen molar-refractivity contribution in [3.05, 3.63) is 24.3 Å². The van der Waals surface area contributed by atoms with Gasteiger partial charge in [0.05, 0.1) is 11.4 Å². The predicted molar refractivity (Wildman–Crippen MR) is 73.9 cm³/mol. The lowest BCUT2D eigenvalue weighted by Crippen LogP contribution is -2.50. The molecule has 5 aliphatic rings. The van der Waals surface area contributed by atoms with E-state index in [1.807, 2.05) is 0 Å². The van der Waals surface area contributed by atoms with Crippen molar-refractivity contribution in [1.29, 1.82) is 0 Å². The van der Waals surface area contributed by atoms with Crippen molar-refractivity contribution >= 4 is 11.4 Å². The van der Waals surface area contributed by atoms with Crippen LogP contribution in [0.4, 0.5) is 0 Å². The van der Waals surface area contributed by atoms with Gasteiger partial charge in [-0.05, 0) is 36.5 Å². The first-order chi connectivity index (χ1) is 9.83. The third kappa shape index (κ3) is 1.07. The monoisotopic (exact) mass is 270 g/mol. The van der Waals surface area contributed by atoms with Gasteiger partial charge in [-0.2, -0.15) is 0 Å². The maximum atomic E-state index is 9.64. The van der Waals surface area contributed by atoms with Gasteiger partial charge < -0.3 is 10.4 Å². The van der Waals surface area contributed by atoms with Gasteiger partial charge in [0.1, 0.15) is 0 Å². The van der Waals surface area contributed by atoms with Crippen LogP contribution in [-0.2, 0) is 0 Å². The second kappa shape index (κ2) is 3.54. The Balaban J connectivity index is 1.69. The van der Waals surface area contributed by atoms with E-state index in [9.17, 15) is 10.4 Å². The third-order valence-electron chi connectivity index (χ3n) is 6.52. The van der Waals surface area contributed by atoms with E-state index in [0.717, 1.165) is 24.3 Å². The molecule has 3 fully saturated rings. The summed E-state index contributed by atoms with van der Waals surface area (Å²) in [6, 6.07) is 0. The lowest BCUT2D eigenvalue weighted by atomic mass is 9.60. The van der Waals surface area contributed by atoms with Crippen molar-refractivity contribution in [2.45, 2.75) is 12.8 Å². The van der Waals surface area contributed by atoms with Crippen LogP contribution in [0.1, 0.15) is 12.8 Å². The van der Waals surface area contributed by atoms with Crippen LogP contribution in [0, 0.1) is 47.3 Å². The Morgan fingerprint density at radius 3 is 1.20 bits per heavy atom. The highest BCUT2D eigenvalue weighted by Crippen LogP contribution is 2.61. The zero-order valence-electron chi connectivity index (χ0n) is 11.1. The molecule has 0 aromatic carbocycles. The molecular weight excluding hydrogens is 252 g/mol. The fraction of sp³-hybridized carbons (Fsp3) is 0.625. The van der Waals surface area contributed by atoms with Gasteiger partial charge in [0, 0.05) is 23.7 Å². The Bertz CT molecular complexity index is 499. The van der Waals surface area contributed by atoms with Crippen LogP contribution < -0.4 is 0 Å². The summed E-state index contributed by atoms with van der Waals surface area (Å²) in [4.78, 5) is 0. The first-order valence-corrected chi connectivity index (χ1v) is 7.63. The lowest BCUT2D eigenvalue weighted by molar-refractivity contribution is 0.269. The molecule has 0 saturated heterocycles. The van der Waals surface area contributed by atoms with Crippen molar-refractivity contribution in [2.75, 3.05) is 0 Å². The molecule has 20 heavy (non-hydrogen) atoms. The average molecular weight is 270 g/mol. The molecule has 0 spiro atoms. The molecule has 0 aromatic heterocycles. The maximum absolute atomic E-state index is 9.64. The molecule has 2 N–H and O–H groups in total.